The molecule has 1 aliphatic carbocycles. The van der Waals surface area contributed by atoms with Gasteiger partial charge in [-0.05, 0) is 43.9 Å². The van der Waals surface area contributed by atoms with Crippen LogP contribution in [-0.2, 0) is 0 Å². The van der Waals surface area contributed by atoms with Crippen LogP contribution in [0, 0.1) is 5.92 Å². The highest BCUT2D eigenvalue weighted by molar-refractivity contribution is 5.59. The van der Waals surface area contributed by atoms with Gasteiger partial charge in [0.2, 0.25) is 0 Å². The van der Waals surface area contributed by atoms with Crippen molar-refractivity contribution < 1.29 is 4.74 Å². The van der Waals surface area contributed by atoms with Gasteiger partial charge in [0.1, 0.15) is 5.75 Å². The normalized spacial score (nSPS) is 20.4. The summed E-state index contributed by atoms with van der Waals surface area (Å²) < 4.78 is 5.83. The van der Waals surface area contributed by atoms with Crippen LogP contribution in [0.25, 0.3) is 0 Å². The van der Waals surface area contributed by atoms with Crippen molar-refractivity contribution in [1.82, 2.24) is 5.32 Å². The quantitative estimate of drug-likeness (QED) is 0.881. The minimum atomic E-state index is 0.635. The molecule has 1 saturated carbocycles. The second kappa shape index (κ2) is 5.83. The van der Waals surface area contributed by atoms with Crippen LogP contribution in [0.3, 0.4) is 0 Å². The Labute approximate surface area is 115 Å². The van der Waals surface area contributed by atoms with Crippen molar-refractivity contribution in [2.75, 3.05) is 31.1 Å². The van der Waals surface area contributed by atoms with E-state index in [0.717, 1.165) is 44.3 Å². The maximum absolute atomic E-state index is 5.83. The van der Waals surface area contributed by atoms with Gasteiger partial charge in [0.05, 0.1) is 12.3 Å². The molecule has 1 N–H and O–H groups in total. The summed E-state index contributed by atoms with van der Waals surface area (Å²) >= 11 is 0. The van der Waals surface area contributed by atoms with Crippen molar-refractivity contribution in [2.24, 2.45) is 5.92 Å². The summed E-state index contributed by atoms with van der Waals surface area (Å²) in [6, 6.07) is 9.09. The van der Waals surface area contributed by atoms with Gasteiger partial charge in [0.25, 0.3) is 0 Å². The van der Waals surface area contributed by atoms with Crippen LogP contribution < -0.4 is 15.0 Å². The summed E-state index contributed by atoms with van der Waals surface area (Å²) in [5, 5.41) is 3.66. The van der Waals surface area contributed by atoms with Crippen LogP contribution in [0.15, 0.2) is 24.3 Å². The highest BCUT2D eigenvalue weighted by Crippen LogP contribution is 2.35. The van der Waals surface area contributed by atoms with Gasteiger partial charge in [-0.2, -0.15) is 0 Å². The number of anilines is 1. The number of fused-ring (bicyclic) bond motifs is 1. The predicted molar refractivity (Wildman–Crippen MR) is 79.0 cm³/mol. The summed E-state index contributed by atoms with van der Waals surface area (Å²) in [6.45, 7) is 6.31. The molecule has 0 spiro atoms. The van der Waals surface area contributed by atoms with E-state index in [1.807, 2.05) is 0 Å². The number of likely N-dealkylation sites (N-methyl/N-ethyl adjacent to an activating group) is 1. The Morgan fingerprint density at radius 1 is 1.37 bits per heavy atom. The maximum Gasteiger partial charge on any atom is 0.142 e. The lowest BCUT2D eigenvalue weighted by Gasteiger charge is -2.29. The lowest BCUT2D eigenvalue weighted by Crippen LogP contribution is -2.42. The largest absolute Gasteiger partial charge is 0.491 e. The molecule has 3 rings (SSSR count). The third-order valence-corrected chi connectivity index (χ3v) is 4.11. The molecule has 104 valence electrons. The minimum absolute atomic E-state index is 0.635. The summed E-state index contributed by atoms with van der Waals surface area (Å²) in [5.74, 6) is 1.93. The Morgan fingerprint density at radius 2 is 2.21 bits per heavy atom. The molecular weight excluding hydrogens is 236 g/mol. The van der Waals surface area contributed by atoms with E-state index in [1.165, 1.54) is 18.5 Å². The van der Waals surface area contributed by atoms with Crippen LogP contribution in [0.1, 0.15) is 26.2 Å². The van der Waals surface area contributed by atoms with Crippen LogP contribution in [0.2, 0.25) is 0 Å². The Balaban J connectivity index is 1.75. The number of hydrogen-bond donors (Lipinski definition) is 1. The molecule has 1 aromatic rings. The molecule has 0 radical (unpaired) electrons. The number of nitrogens with zero attached hydrogens (tertiary/aromatic N) is 1. The zero-order chi connectivity index (χ0) is 13.1. The fourth-order valence-corrected chi connectivity index (χ4v) is 2.97. The molecule has 0 amide bonds. The zero-order valence-electron chi connectivity index (χ0n) is 11.8. The van der Waals surface area contributed by atoms with E-state index in [1.54, 1.807) is 0 Å². The van der Waals surface area contributed by atoms with Crippen molar-refractivity contribution >= 4 is 5.69 Å². The first-order valence-corrected chi connectivity index (χ1v) is 7.58. The summed E-state index contributed by atoms with van der Waals surface area (Å²) in [5.41, 5.74) is 1.27. The number of para-hydroxylation sites is 2. The molecular formula is C16H24N2O. The first-order valence-electron chi connectivity index (χ1n) is 7.58. The second-order valence-corrected chi connectivity index (χ2v) is 5.62. The first kappa shape index (κ1) is 12.8. The zero-order valence-corrected chi connectivity index (χ0v) is 11.8. The van der Waals surface area contributed by atoms with E-state index in [4.69, 9.17) is 4.74 Å². The van der Waals surface area contributed by atoms with Crippen molar-refractivity contribution in [3.63, 3.8) is 0 Å². The van der Waals surface area contributed by atoms with Gasteiger partial charge in [-0.3, -0.25) is 0 Å². The van der Waals surface area contributed by atoms with E-state index in [-0.39, 0.29) is 0 Å². The molecule has 0 saturated heterocycles. The van der Waals surface area contributed by atoms with E-state index in [2.05, 4.69) is 41.4 Å². The third kappa shape index (κ3) is 3.03. The number of rotatable bonds is 5. The van der Waals surface area contributed by atoms with Crippen LogP contribution in [-0.4, -0.2) is 32.3 Å². The Bertz CT molecular complexity index is 417. The molecule has 1 aromatic carbocycles. The SMILES string of the molecule is CCNC(CN1CCCOc2ccccc21)C1CC1. The van der Waals surface area contributed by atoms with Crippen LogP contribution >= 0.6 is 0 Å². The van der Waals surface area contributed by atoms with Crippen molar-refractivity contribution in [1.29, 1.82) is 0 Å². The monoisotopic (exact) mass is 260 g/mol. The van der Waals surface area contributed by atoms with Gasteiger partial charge in [0, 0.05) is 19.1 Å². The summed E-state index contributed by atoms with van der Waals surface area (Å²) in [6.07, 6.45) is 3.89. The van der Waals surface area contributed by atoms with Crippen molar-refractivity contribution in [3.8, 4) is 5.75 Å². The van der Waals surface area contributed by atoms with Gasteiger partial charge < -0.3 is 15.0 Å². The van der Waals surface area contributed by atoms with Gasteiger partial charge in [-0.1, -0.05) is 19.1 Å². The Morgan fingerprint density at radius 3 is 3.00 bits per heavy atom. The molecule has 0 bridgehead atoms. The summed E-state index contributed by atoms with van der Waals surface area (Å²) in [4.78, 5) is 2.51. The smallest absolute Gasteiger partial charge is 0.142 e. The number of benzene rings is 1. The Hall–Kier alpha value is -1.22. The number of ether oxygens (including phenoxy) is 1. The first-order chi connectivity index (χ1) is 9.38. The standard InChI is InChI=1S/C16H24N2O/c1-2-17-14(13-8-9-13)12-18-10-5-11-19-16-7-4-3-6-15(16)18/h3-4,6-7,13-14,17H,2,5,8-12H2,1H3. The second-order valence-electron chi connectivity index (χ2n) is 5.62. The minimum Gasteiger partial charge on any atom is -0.491 e. The molecule has 19 heavy (non-hydrogen) atoms. The molecule has 3 heteroatoms. The molecule has 3 nitrogen and oxygen atoms in total. The molecule has 1 aliphatic heterocycles. The molecule has 1 fully saturated rings. The fourth-order valence-electron chi connectivity index (χ4n) is 2.97. The van der Waals surface area contributed by atoms with Crippen LogP contribution in [0.5, 0.6) is 5.75 Å². The molecule has 1 unspecified atom stereocenters. The average molecular weight is 260 g/mol. The predicted octanol–water partition coefficient (Wildman–Crippen LogP) is 2.66. The van der Waals surface area contributed by atoms with Crippen molar-refractivity contribution in [3.05, 3.63) is 24.3 Å². The number of hydrogen-bond acceptors (Lipinski definition) is 3. The number of nitrogens with one attached hydrogen (secondary N) is 1. The molecule has 0 aromatic heterocycles. The lowest BCUT2D eigenvalue weighted by molar-refractivity contribution is 0.322. The maximum atomic E-state index is 5.83. The van der Waals surface area contributed by atoms with E-state index >= 15 is 0 Å². The van der Waals surface area contributed by atoms with Gasteiger partial charge in [-0.15, -0.1) is 0 Å². The molecule has 1 atom stereocenters. The van der Waals surface area contributed by atoms with E-state index < -0.39 is 0 Å². The van der Waals surface area contributed by atoms with E-state index in [0.29, 0.717) is 6.04 Å². The van der Waals surface area contributed by atoms with Crippen LogP contribution in [0.4, 0.5) is 5.69 Å². The van der Waals surface area contributed by atoms with E-state index in [9.17, 15) is 0 Å². The molecule has 2 aliphatic rings. The summed E-state index contributed by atoms with van der Waals surface area (Å²) in [7, 11) is 0. The van der Waals surface area contributed by atoms with Crippen molar-refractivity contribution in [2.45, 2.75) is 32.2 Å². The highest BCUT2D eigenvalue weighted by Gasteiger charge is 2.32. The topological polar surface area (TPSA) is 24.5 Å². The highest BCUT2D eigenvalue weighted by atomic mass is 16.5. The van der Waals surface area contributed by atoms with Gasteiger partial charge >= 0.3 is 0 Å². The molecule has 1 heterocycles. The van der Waals surface area contributed by atoms with Gasteiger partial charge in [0.15, 0.2) is 0 Å². The average Bonchev–Trinajstić information content (AvgIpc) is 3.26. The lowest BCUT2D eigenvalue weighted by atomic mass is 10.1. The fraction of sp³-hybridized carbons (Fsp3) is 0.625. The third-order valence-electron chi connectivity index (χ3n) is 4.11. The Kier molecular flexibility index (Phi) is 3.92. The van der Waals surface area contributed by atoms with Gasteiger partial charge in [-0.25, -0.2) is 0 Å².